The van der Waals surface area contributed by atoms with Crippen LogP contribution in [0.2, 0.25) is 0 Å². The van der Waals surface area contributed by atoms with Gasteiger partial charge in [0.15, 0.2) is 0 Å². The van der Waals surface area contributed by atoms with Gasteiger partial charge in [0, 0.05) is 0 Å². The Hall–Kier alpha value is -0.125. The number of hydrogen-bond donors (Lipinski definition) is 8. The molecule has 0 aromatic carbocycles. The maximum absolute atomic E-state index is 7.00. The lowest BCUT2D eigenvalue weighted by Crippen LogP contribution is -1.75. The molecule has 0 rings (SSSR count). The molecule has 0 aliphatic rings. The van der Waals surface area contributed by atoms with Crippen molar-refractivity contribution in [3.8, 4) is 0 Å². The zero-order valence-electron chi connectivity index (χ0n) is 5.83. The van der Waals surface area contributed by atoms with Gasteiger partial charge in [-0.15, -0.1) is 0 Å². The molecule has 0 saturated heterocycles. The standard InChI is InChI=1S/3BH2O2.2H3N/c3*2-1-3;;/h3*2-3H;2*1H3. The van der Waals surface area contributed by atoms with Crippen molar-refractivity contribution in [2.45, 2.75) is 0 Å². The van der Waals surface area contributed by atoms with E-state index in [9.17, 15) is 0 Å². The van der Waals surface area contributed by atoms with Gasteiger partial charge in [0.25, 0.3) is 0 Å². The van der Waals surface area contributed by atoms with E-state index >= 15 is 0 Å². The van der Waals surface area contributed by atoms with Crippen LogP contribution in [0.4, 0.5) is 0 Å². The third kappa shape index (κ3) is 39100. The molecule has 3 radical (unpaired) electrons. The first kappa shape index (κ1) is 30.7. The zero-order chi connectivity index (χ0) is 8.12. The fourth-order valence-corrected chi connectivity index (χ4v) is 0. The highest BCUT2D eigenvalue weighted by molar-refractivity contribution is 6.13. The molecule has 67 valence electrons. The van der Waals surface area contributed by atoms with Crippen LogP contribution >= 0.6 is 0 Å². The molecule has 11 heavy (non-hydrogen) atoms. The second-order valence-electron chi connectivity index (χ2n) is 0.346. The summed E-state index contributed by atoms with van der Waals surface area (Å²) in [6, 6.07) is 0. The minimum atomic E-state index is 0. The second-order valence-corrected chi connectivity index (χ2v) is 0.346. The van der Waals surface area contributed by atoms with Crippen LogP contribution in [-0.2, 0) is 0 Å². The van der Waals surface area contributed by atoms with Crippen molar-refractivity contribution in [3.63, 3.8) is 0 Å². The minimum absolute atomic E-state index is 0. The van der Waals surface area contributed by atoms with E-state index in [1.54, 1.807) is 0 Å². The molecule has 0 aromatic heterocycles. The lowest BCUT2D eigenvalue weighted by atomic mass is 10.5. The maximum Gasteiger partial charge on any atom is 0.482 e. The summed E-state index contributed by atoms with van der Waals surface area (Å²) in [5, 5.41) is 42.0. The fourth-order valence-electron chi connectivity index (χ4n) is 0. The highest BCUT2D eigenvalue weighted by Gasteiger charge is 1.52. The van der Waals surface area contributed by atoms with Crippen molar-refractivity contribution in [2.75, 3.05) is 0 Å². The second kappa shape index (κ2) is 94.1. The van der Waals surface area contributed by atoms with E-state index in [2.05, 4.69) is 0 Å². The molecule has 0 heterocycles. The van der Waals surface area contributed by atoms with E-state index in [0.717, 1.165) is 0 Å². The van der Waals surface area contributed by atoms with Crippen molar-refractivity contribution in [1.82, 2.24) is 12.3 Å². The smallest absolute Gasteiger partial charge is 0.429 e. The first-order chi connectivity index (χ1) is 4.24. The molecule has 0 spiro atoms. The van der Waals surface area contributed by atoms with Crippen LogP contribution in [0.25, 0.3) is 0 Å². The van der Waals surface area contributed by atoms with E-state index in [-0.39, 0.29) is 35.4 Å². The summed E-state index contributed by atoms with van der Waals surface area (Å²) in [5.74, 6) is 0. The van der Waals surface area contributed by atoms with Gasteiger partial charge in [0.2, 0.25) is 0 Å². The number of hydrogen-bond acceptors (Lipinski definition) is 8. The summed E-state index contributed by atoms with van der Waals surface area (Å²) >= 11 is 0. The van der Waals surface area contributed by atoms with E-state index in [4.69, 9.17) is 30.1 Å². The Bertz CT molecular complexity index is 20.5. The van der Waals surface area contributed by atoms with Gasteiger partial charge in [-0.05, 0) is 0 Å². The lowest BCUT2D eigenvalue weighted by Gasteiger charge is -1.46. The molecule has 0 bridgehead atoms. The van der Waals surface area contributed by atoms with Crippen LogP contribution in [0.15, 0.2) is 0 Å². The van der Waals surface area contributed by atoms with Crippen LogP contribution < -0.4 is 12.3 Å². The van der Waals surface area contributed by atoms with Gasteiger partial charge >= 0.3 is 23.1 Å². The molecule has 8 nitrogen and oxygen atoms in total. The fraction of sp³-hybridized carbons (Fsp3) is 0. The number of rotatable bonds is 0. The normalized spacial score (nSPS) is 3.82. The molecule has 0 saturated carbocycles. The van der Waals surface area contributed by atoms with Crippen molar-refractivity contribution in [3.05, 3.63) is 0 Å². The van der Waals surface area contributed by atoms with E-state index in [1.807, 2.05) is 0 Å². The highest BCUT2D eigenvalue weighted by atomic mass is 16.4. The van der Waals surface area contributed by atoms with Gasteiger partial charge < -0.3 is 42.4 Å². The summed E-state index contributed by atoms with van der Waals surface area (Å²) < 4.78 is 0. The molecule has 0 fully saturated rings. The highest BCUT2D eigenvalue weighted by Crippen LogP contribution is 1.09. The van der Waals surface area contributed by atoms with Gasteiger partial charge in [0.05, 0.1) is 0 Å². The summed E-state index contributed by atoms with van der Waals surface area (Å²) in [6.07, 6.45) is 0. The molecular weight excluding hydrogens is 156 g/mol. The molecule has 0 aliphatic carbocycles. The Balaban J connectivity index is -0.0000000150. The molecular formula is H12B3N2O6. The Kier molecular flexibility index (Phi) is 263. The van der Waals surface area contributed by atoms with Gasteiger partial charge in [-0.25, -0.2) is 0 Å². The van der Waals surface area contributed by atoms with Crippen molar-refractivity contribution in [1.29, 1.82) is 0 Å². The topological polar surface area (TPSA) is 191 Å². The van der Waals surface area contributed by atoms with E-state index in [0.29, 0.717) is 0 Å². The maximum atomic E-state index is 7.00. The Morgan fingerprint density at radius 1 is 0.455 bits per heavy atom. The third-order valence-corrected chi connectivity index (χ3v) is 0. The summed E-state index contributed by atoms with van der Waals surface area (Å²) in [6.45, 7) is 0. The molecule has 12 N–H and O–H groups in total. The van der Waals surface area contributed by atoms with Crippen LogP contribution in [0.3, 0.4) is 0 Å². The quantitative estimate of drug-likeness (QED) is 0.167. The van der Waals surface area contributed by atoms with E-state index in [1.165, 1.54) is 0 Å². The van der Waals surface area contributed by atoms with Crippen molar-refractivity contribution in [2.24, 2.45) is 0 Å². The molecule has 0 unspecified atom stereocenters. The van der Waals surface area contributed by atoms with Crippen LogP contribution in [0.5, 0.6) is 0 Å². The van der Waals surface area contributed by atoms with Gasteiger partial charge in [-0.2, -0.15) is 0 Å². The third-order valence-electron chi connectivity index (χ3n) is 0. The molecule has 0 aliphatic heterocycles. The minimum Gasteiger partial charge on any atom is -0.429 e. The van der Waals surface area contributed by atoms with Crippen molar-refractivity contribution >= 4 is 23.1 Å². The monoisotopic (exact) mass is 169 g/mol. The molecule has 0 atom stereocenters. The predicted molar refractivity (Wildman–Crippen MR) is 40.6 cm³/mol. The lowest BCUT2D eigenvalue weighted by molar-refractivity contribution is 0.447. The Morgan fingerprint density at radius 3 is 0.455 bits per heavy atom. The van der Waals surface area contributed by atoms with Crippen LogP contribution in [-0.4, -0.2) is 53.2 Å². The Morgan fingerprint density at radius 2 is 0.455 bits per heavy atom. The summed E-state index contributed by atoms with van der Waals surface area (Å²) in [5.41, 5.74) is 0. The first-order valence-corrected chi connectivity index (χ1v) is 1.55. The molecule has 0 amide bonds. The summed E-state index contributed by atoms with van der Waals surface area (Å²) in [4.78, 5) is 0. The zero-order valence-corrected chi connectivity index (χ0v) is 5.83. The van der Waals surface area contributed by atoms with Crippen LogP contribution in [0, 0.1) is 0 Å². The Labute approximate surface area is 66.6 Å². The summed E-state index contributed by atoms with van der Waals surface area (Å²) in [7, 11) is 0. The largest absolute Gasteiger partial charge is 0.482 e. The van der Waals surface area contributed by atoms with Gasteiger partial charge in [-0.1, -0.05) is 0 Å². The molecule has 11 heteroatoms. The van der Waals surface area contributed by atoms with Crippen LogP contribution in [0.1, 0.15) is 0 Å². The van der Waals surface area contributed by atoms with Gasteiger partial charge in [-0.3, -0.25) is 0 Å². The van der Waals surface area contributed by atoms with E-state index < -0.39 is 0 Å². The average molecular weight is 169 g/mol. The van der Waals surface area contributed by atoms with Gasteiger partial charge in [0.1, 0.15) is 0 Å². The van der Waals surface area contributed by atoms with Crippen molar-refractivity contribution < 1.29 is 30.1 Å². The first-order valence-electron chi connectivity index (χ1n) is 1.55. The SMILES string of the molecule is N.N.O[B]O.O[B]O.O[B]O. The average Bonchev–Trinajstić information content (AvgIpc) is 1.70. The molecule has 0 aromatic rings. The predicted octanol–water partition coefficient (Wildman–Crippen LogP) is -4.16.